The van der Waals surface area contributed by atoms with Crippen LogP contribution in [-0.4, -0.2) is 12.1 Å². The number of fused-ring (bicyclic) bond motifs is 1. The summed E-state index contributed by atoms with van der Waals surface area (Å²) in [7, 11) is 1.62. The minimum Gasteiger partial charge on any atom is -0.497 e. The van der Waals surface area contributed by atoms with Crippen molar-refractivity contribution >= 4 is 10.9 Å². The molecule has 0 bridgehead atoms. The van der Waals surface area contributed by atoms with Crippen LogP contribution in [0.3, 0.4) is 0 Å². The van der Waals surface area contributed by atoms with Gasteiger partial charge in [-0.15, -0.1) is 0 Å². The van der Waals surface area contributed by atoms with Gasteiger partial charge < -0.3 is 9.72 Å². The second-order valence-corrected chi connectivity index (χ2v) is 3.03. The minimum absolute atomic E-state index is 0.178. The number of hydrogen-bond acceptors (Lipinski definition) is 3. The summed E-state index contributed by atoms with van der Waals surface area (Å²) in [6.45, 7) is 0.178. The van der Waals surface area contributed by atoms with Crippen molar-refractivity contribution in [3.63, 3.8) is 0 Å². The fourth-order valence-corrected chi connectivity index (χ4v) is 1.45. The first-order valence-electron chi connectivity index (χ1n) is 4.28. The van der Waals surface area contributed by atoms with Crippen LogP contribution in [0.2, 0.25) is 0 Å². The van der Waals surface area contributed by atoms with E-state index in [2.05, 4.69) is 10.2 Å². The van der Waals surface area contributed by atoms with Crippen molar-refractivity contribution in [3.05, 3.63) is 34.9 Å². The molecule has 0 saturated carbocycles. The number of nitrogens with one attached hydrogen (secondary N) is 1. The molecule has 0 saturated heterocycles. The number of ether oxygens (including phenoxy) is 1. The number of hydrogen-bond donors (Lipinski definition) is 1. The van der Waals surface area contributed by atoms with E-state index >= 15 is 0 Å². The Bertz CT molecular complexity index is 462. The van der Waals surface area contributed by atoms with Crippen LogP contribution in [0.5, 0.6) is 5.75 Å². The van der Waals surface area contributed by atoms with Gasteiger partial charge in [-0.1, -0.05) is 5.18 Å². The van der Waals surface area contributed by atoms with Crippen LogP contribution in [0.25, 0.3) is 10.9 Å². The molecule has 1 aromatic carbocycles. The molecule has 0 amide bonds. The van der Waals surface area contributed by atoms with Crippen LogP contribution in [0, 0.1) is 4.91 Å². The summed E-state index contributed by atoms with van der Waals surface area (Å²) < 4.78 is 5.09. The number of aromatic nitrogens is 1. The zero-order valence-electron chi connectivity index (χ0n) is 7.78. The third-order valence-electron chi connectivity index (χ3n) is 2.12. The number of benzene rings is 1. The van der Waals surface area contributed by atoms with Crippen LogP contribution in [0.4, 0.5) is 0 Å². The van der Waals surface area contributed by atoms with Crippen molar-refractivity contribution in [2.45, 2.75) is 6.54 Å². The summed E-state index contributed by atoms with van der Waals surface area (Å²) >= 11 is 0. The molecule has 0 atom stereocenters. The van der Waals surface area contributed by atoms with Gasteiger partial charge in [0.1, 0.15) is 12.3 Å². The summed E-state index contributed by atoms with van der Waals surface area (Å²) in [5.41, 5.74) is 1.78. The van der Waals surface area contributed by atoms with E-state index in [1.807, 2.05) is 24.3 Å². The van der Waals surface area contributed by atoms with Crippen LogP contribution in [0.1, 0.15) is 5.69 Å². The van der Waals surface area contributed by atoms with E-state index in [4.69, 9.17) is 4.74 Å². The Morgan fingerprint density at radius 3 is 3.00 bits per heavy atom. The highest BCUT2D eigenvalue weighted by atomic mass is 16.5. The SMILES string of the molecule is COc1ccc2cc(CN=O)[nH]c2c1. The lowest BCUT2D eigenvalue weighted by atomic mass is 10.2. The molecule has 2 aromatic rings. The average molecular weight is 190 g/mol. The lowest BCUT2D eigenvalue weighted by Gasteiger charge is -1.97. The van der Waals surface area contributed by atoms with Crippen molar-refractivity contribution in [1.82, 2.24) is 4.98 Å². The number of methoxy groups -OCH3 is 1. The van der Waals surface area contributed by atoms with Crippen LogP contribution in [0.15, 0.2) is 29.4 Å². The van der Waals surface area contributed by atoms with E-state index in [-0.39, 0.29) is 6.54 Å². The van der Waals surface area contributed by atoms with E-state index in [1.54, 1.807) is 7.11 Å². The van der Waals surface area contributed by atoms with Crippen molar-refractivity contribution in [3.8, 4) is 5.75 Å². The third-order valence-corrected chi connectivity index (χ3v) is 2.12. The molecule has 0 aliphatic carbocycles. The van der Waals surface area contributed by atoms with E-state index < -0.39 is 0 Å². The highest BCUT2D eigenvalue weighted by Crippen LogP contribution is 2.21. The Morgan fingerprint density at radius 2 is 2.29 bits per heavy atom. The van der Waals surface area contributed by atoms with Gasteiger partial charge in [-0.2, -0.15) is 4.91 Å². The predicted molar refractivity (Wildman–Crippen MR) is 54.3 cm³/mol. The van der Waals surface area contributed by atoms with Crippen molar-refractivity contribution < 1.29 is 4.74 Å². The van der Waals surface area contributed by atoms with Crippen LogP contribution < -0.4 is 4.74 Å². The van der Waals surface area contributed by atoms with Crippen molar-refractivity contribution in [2.75, 3.05) is 7.11 Å². The molecule has 1 aromatic heterocycles. The molecule has 0 spiro atoms. The third kappa shape index (κ3) is 1.46. The Morgan fingerprint density at radius 1 is 1.43 bits per heavy atom. The Hall–Kier alpha value is -1.84. The van der Waals surface area contributed by atoms with E-state index in [1.165, 1.54) is 0 Å². The van der Waals surface area contributed by atoms with Gasteiger partial charge in [0.2, 0.25) is 0 Å². The molecule has 4 nitrogen and oxygen atoms in total. The Labute approximate surface area is 80.9 Å². The molecule has 0 fully saturated rings. The fourth-order valence-electron chi connectivity index (χ4n) is 1.45. The molecule has 14 heavy (non-hydrogen) atoms. The molecule has 0 aliphatic rings. The number of nitroso groups, excluding NO2 is 1. The summed E-state index contributed by atoms with van der Waals surface area (Å²) in [6.07, 6.45) is 0. The summed E-state index contributed by atoms with van der Waals surface area (Å²) in [5.74, 6) is 0.796. The van der Waals surface area contributed by atoms with Gasteiger partial charge in [-0.25, -0.2) is 0 Å². The molecule has 4 heteroatoms. The molecule has 0 aliphatic heterocycles. The Balaban J connectivity index is 2.48. The van der Waals surface area contributed by atoms with E-state index in [0.717, 1.165) is 22.3 Å². The molecule has 2 rings (SSSR count). The average Bonchev–Trinajstić information content (AvgIpc) is 2.59. The lowest BCUT2D eigenvalue weighted by molar-refractivity contribution is 0.415. The molecule has 1 N–H and O–H groups in total. The first kappa shape index (κ1) is 8.74. The zero-order valence-corrected chi connectivity index (χ0v) is 7.78. The highest BCUT2D eigenvalue weighted by Gasteiger charge is 2.01. The number of rotatable bonds is 3. The Kier molecular flexibility index (Phi) is 2.18. The molecular weight excluding hydrogens is 180 g/mol. The molecule has 0 unspecified atom stereocenters. The van der Waals surface area contributed by atoms with Gasteiger partial charge in [0.15, 0.2) is 0 Å². The van der Waals surface area contributed by atoms with E-state index in [0.29, 0.717) is 0 Å². The zero-order chi connectivity index (χ0) is 9.97. The van der Waals surface area contributed by atoms with Gasteiger partial charge in [-0.05, 0) is 23.6 Å². The monoisotopic (exact) mass is 190 g/mol. The fraction of sp³-hybridized carbons (Fsp3) is 0.200. The van der Waals surface area contributed by atoms with Crippen LogP contribution in [-0.2, 0) is 6.54 Å². The van der Waals surface area contributed by atoms with Gasteiger partial charge in [0, 0.05) is 17.3 Å². The lowest BCUT2D eigenvalue weighted by Crippen LogP contribution is -1.81. The summed E-state index contributed by atoms with van der Waals surface area (Å²) in [6, 6.07) is 7.63. The van der Waals surface area contributed by atoms with E-state index in [9.17, 15) is 4.91 Å². The second kappa shape index (κ2) is 3.49. The van der Waals surface area contributed by atoms with Gasteiger partial charge in [0.25, 0.3) is 0 Å². The van der Waals surface area contributed by atoms with Crippen LogP contribution >= 0.6 is 0 Å². The largest absolute Gasteiger partial charge is 0.497 e. The normalized spacial score (nSPS) is 10.4. The van der Waals surface area contributed by atoms with Gasteiger partial charge in [0.05, 0.1) is 7.11 Å². The molecule has 72 valence electrons. The minimum atomic E-state index is 0.178. The predicted octanol–water partition coefficient (Wildman–Crippen LogP) is 2.44. The van der Waals surface area contributed by atoms with Gasteiger partial charge in [-0.3, -0.25) is 0 Å². The molecule has 1 heterocycles. The highest BCUT2D eigenvalue weighted by molar-refractivity contribution is 5.81. The topological polar surface area (TPSA) is 54.4 Å². The second-order valence-electron chi connectivity index (χ2n) is 3.03. The summed E-state index contributed by atoms with van der Waals surface area (Å²) in [4.78, 5) is 13.2. The maximum atomic E-state index is 10.1. The first-order valence-corrected chi connectivity index (χ1v) is 4.28. The van der Waals surface area contributed by atoms with Gasteiger partial charge >= 0.3 is 0 Å². The van der Waals surface area contributed by atoms with Crippen molar-refractivity contribution in [2.24, 2.45) is 5.18 Å². The first-order chi connectivity index (χ1) is 6.83. The maximum Gasteiger partial charge on any atom is 0.121 e. The number of H-pyrrole nitrogens is 1. The number of aromatic amines is 1. The maximum absolute atomic E-state index is 10.1. The summed E-state index contributed by atoms with van der Waals surface area (Å²) in [5, 5.41) is 3.89. The number of nitrogens with zero attached hydrogens (tertiary/aromatic N) is 1. The quantitative estimate of drug-likeness (QED) is 0.755. The molecular formula is C10H10N2O2. The molecule has 0 radical (unpaired) electrons. The van der Waals surface area contributed by atoms with Crippen molar-refractivity contribution in [1.29, 1.82) is 0 Å². The standard InChI is InChI=1S/C10H10N2O2/c1-14-9-3-2-7-4-8(6-11-13)12-10(7)5-9/h2-5,12H,6H2,1H3. The smallest absolute Gasteiger partial charge is 0.121 e.